The van der Waals surface area contributed by atoms with E-state index < -0.39 is 0 Å². The zero-order valence-corrected chi connectivity index (χ0v) is 24.1. The molecule has 0 amide bonds. The number of aryl methyl sites for hydroxylation is 2. The van der Waals surface area contributed by atoms with Gasteiger partial charge < -0.3 is 0 Å². The molecule has 0 unspecified atom stereocenters. The summed E-state index contributed by atoms with van der Waals surface area (Å²) < 4.78 is 4.89. The number of nitrogens with zero attached hydrogens (tertiary/aromatic N) is 2. The van der Waals surface area contributed by atoms with Crippen molar-refractivity contribution in [3.63, 3.8) is 0 Å². The predicted octanol–water partition coefficient (Wildman–Crippen LogP) is 8.57. The summed E-state index contributed by atoms with van der Waals surface area (Å²) >= 11 is 0. The van der Waals surface area contributed by atoms with E-state index in [1.807, 2.05) is 0 Å². The second kappa shape index (κ2) is 13.2. The van der Waals surface area contributed by atoms with E-state index in [-0.39, 0.29) is 5.41 Å². The van der Waals surface area contributed by atoms with Gasteiger partial charge in [0.25, 0.3) is 0 Å². The molecule has 0 fully saturated rings. The topological polar surface area (TPSA) is 7.76 Å². The van der Waals surface area contributed by atoms with Crippen molar-refractivity contribution in [3.05, 3.63) is 120 Å². The summed E-state index contributed by atoms with van der Waals surface area (Å²) in [6.07, 6.45) is 22.6. The number of pyridine rings is 2. The first-order valence-electron chi connectivity index (χ1n) is 15.5. The number of benzene rings is 2. The van der Waals surface area contributed by atoms with Gasteiger partial charge in [0, 0.05) is 36.1 Å². The van der Waals surface area contributed by atoms with Crippen molar-refractivity contribution in [2.45, 2.75) is 96.6 Å². The van der Waals surface area contributed by atoms with Crippen LogP contribution in [0.25, 0.3) is 11.1 Å². The van der Waals surface area contributed by atoms with Crippen LogP contribution < -0.4 is 9.13 Å². The van der Waals surface area contributed by atoms with Gasteiger partial charge in [0.2, 0.25) is 0 Å². The van der Waals surface area contributed by atoms with Crippen molar-refractivity contribution in [2.24, 2.45) is 0 Å². The average Bonchev–Trinajstić information content (AvgIpc) is 3.27. The van der Waals surface area contributed by atoms with Gasteiger partial charge in [-0.2, -0.15) is 0 Å². The highest BCUT2D eigenvalue weighted by Crippen LogP contribution is 2.55. The van der Waals surface area contributed by atoms with Crippen molar-refractivity contribution in [3.8, 4) is 11.1 Å². The first-order chi connectivity index (χ1) is 19.3. The van der Waals surface area contributed by atoms with Crippen molar-refractivity contribution < 1.29 is 9.13 Å². The lowest BCUT2D eigenvalue weighted by molar-refractivity contribution is -0.698. The number of unbranched alkanes of at least 4 members (excludes halogenated alkanes) is 8. The number of hydrogen-bond donors (Lipinski definition) is 0. The van der Waals surface area contributed by atoms with Gasteiger partial charge >= 0.3 is 0 Å². The van der Waals surface area contributed by atoms with Crippen LogP contribution in [-0.2, 0) is 18.5 Å². The summed E-state index contributed by atoms with van der Waals surface area (Å²) in [5, 5.41) is 0. The lowest BCUT2D eigenvalue weighted by Gasteiger charge is -2.31. The van der Waals surface area contributed by atoms with Crippen LogP contribution in [0, 0.1) is 0 Å². The smallest absolute Gasteiger partial charge is 0.174 e. The molecule has 2 heteroatoms. The summed E-state index contributed by atoms with van der Waals surface area (Å²) in [5.41, 5.74) is 7.92. The molecule has 0 saturated heterocycles. The fourth-order valence-electron chi connectivity index (χ4n) is 6.53. The van der Waals surface area contributed by atoms with Crippen molar-refractivity contribution in [1.29, 1.82) is 0 Å². The van der Waals surface area contributed by atoms with Gasteiger partial charge in [-0.1, -0.05) is 113 Å². The lowest BCUT2D eigenvalue weighted by Crippen LogP contribution is -2.39. The SMILES string of the molecule is CCCCCCC[n+]1ccc2c(c1)C(c1ccccc1)(c1ccccc1)c1c[n+](CCCCCCC)ccc1-2. The molecule has 202 valence electrons. The van der Waals surface area contributed by atoms with Crippen molar-refractivity contribution >= 4 is 0 Å². The molecule has 0 N–H and O–H groups in total. The van der Waals surface area contributed by atoms with E-state index >= 15 is 0 Å². The van der Waals surface area contributed by atoms with Gasteiger partial charge in [0.15, 0.2) is 24.8 Å². The highest BCUT2D eigenvalue weighted by molar-refractivity contribution is 5.84. The van der Waals surface area contributed by atoms with E-state index in [9.17, 15) is 0 Å². The Morgan fingerprint density at radius 1 is 0.487 bits per heavy atom. The highest BCUT2D eigenvalue weighted by atomic mass is 14.9. The van der Waals surface area contributed by atoms with Crippen molar-refractivity contribution in [2.75, 3.05) is 0 Å². The highest BCUT2D eigenvalue weighted by Gasteiger charge is 2.49. The summed E-state index contributed by atoms with van der Waals surface area (Å²) in [7, 11) is 0. The van der Waals surface area contributed by atoms with E-state index in [0.29, 0.717) is 0 Å². The Morgan fingerprint density at radius 3 is 1.31 bits per heavy atom. The number of hydrogen-bond acceptors (Lipinski definition) is 0. The number of rotatable bonds is 14. The van der Waals surface area contributed by atoms with Gasteiger partial charge in [-0.25, -0.2) is 9.13 Å². The Hall–Kier alpha value is -3.26. The molecule has 2 aromatic heterocycles. The maximum Gasteiger partial charge on any atom is 0.174 e. The Kier molecular flexibility index (Phi) is 9.24. The summed E-state index contributed by atoms with van der Waals surface area (Å²) in [5.74, 6) is 0. The molecule has 0 spiro atoms. The second-order valence-electron chi connectivity index (χ2n) is 11.3. The normalized spacial score (nSPS) is 13.3. The molecule has 4 aromatic rings. The molecule has 1 aliphatic rings. The van der Waals surface area contributed by atoms with Crippen molar-refractivity contribution in [1.82, 2.24) is 0 Å². The summed E-state index contributed by atoms with van der Waals surface area (Å²) in [4.78, 5) is 0. The third kappa shape index (κ3) is 5.71. The van der Waals surface area contributed by atoms with E-state index in [2.05, 4.69) is 121 Å². The summed E-state index contributed by atoms with van der Waals surface area (Å²) in [6, 6.07) is 27.2. The number of aromatic nitrogens is 2. The zero-order chi connectivity index (χ0) is 26.9. The van der Waals surface area contributed by atoms with Gasteiger partial charge in [-0.3, -0.25) is 0 Å². The van der Waals surface area contributed by atoms with Gasteiger partial charge in [-0.05, 0) is 35.1 Å². The Labute approximate surface area is 236 Å². The molecule has 39 heavy (non-hydrogen) atoms. The van der Waals surface area contributed by atoms with Crippen LogP contribution in [0.15, 0.2) is 97.6 Å². The predicted molar refractivity (Wildman–Crippen MR) is 162 cm³/mol. The molecular formula is C37H46N2+2. The van der Waals surface area contributed by atoms with E-state index in [1.54, 1.807) is 0 Å². The molecule has 5 rings (SSSR count). The number of fused-ring (bicyclic) bond motifs is 3. The fourth-order valence-corrected chi connectivity index (χ4v) is 6.53. The molecule has 0 saturated carbocycles. The largest absolute Gasteiger partial charge is 0.205 e. The van der Waals surface area contributed by atoms with Gasteiger partial charge in [-0.15, -0.1) is 0 Å². The minimum Gasteiger partial charge on any atom is -0.205 e. The quantitative estimate of drug-likeness (QED) is 0.103. The van der Waals surface area contributed by atoms with Gasteiger partial charge in [0.05, 0.1) is 5.41 Å². The second-order valence-corrected chi connectivity index (χ2v) is 11.3. The van der Waals surface area contributed by atoms with Crippen LogP contribution >= 0.6 is 0 Å². The van der Waals surface area contributed by atoms with Crippen LogP contribution in [0.5, 0.6) is 0 Å². The molecule has 0 bridgehead atoms. The molecule has 0 aliphatic heterocycles. The van der Waals surface area contributed by atoms with Crippen LogP contribution in [-0.4, -0.2) is 0 Å². The molecular weight excluding hydrogens is 472 g/mol. The zero-order valence-electron chi connectivity index (χ0n) is 24.1. The minimum absolute atomic E-state index is 0.330. The fraction of sp³-hybridized carbons (Fsp3) is 0.405. The average molecular weight is 519 g/mol. The maximum atomic E-state index is 2.46. The van der Waals surface area contributed by atoms with E-state index in [0.717, 1.165) is 13.1 Å². The standard InChI is InChI=1S/C37H46N2/c1-3-5-7-9-17-25-38-27-23-33-34-24-28-39(26-18-10-8-6-4-2)30-36(34)37(35(33)29-38,31-19-13-11-14-20-31)32-21-15-12-16-22-32/h11-16,19-24,27-30H,3-10,17-18,25-26H2,1-2H3/q+2. The van der Waals surface area contributed by atoms with E-state index in [4.69, 9.17) is 0 Å². The third-order valence-corrected chi connectivity index (χ3v) is 8.59. The molecule has 2 nitrogen and oxygen atoms in total. The monoisotopic (exact) mass is 518 g/mol. The van der Waals surface area contributed by atoms with Gasteiger partial charge in [0.1, 0.15) is 13.1 Å². The minimum atomic E-state index is -0.330. The molecule has 0 atom stereocenters. The first kappa shape index (κ1) is 27.3. The Bertz CT molecular complexity index is 1220. The summed E-state index contributed by atoms with van der Waals surface area (Å²) in [6.45, 7) is 6.72. The molecule has 2 aromatic carbocycles. The lowest BCUT2D eigenvalue weighted by atomic mass is 9.68. The maximum absolute atomic E-state index is 2.46. The van der Waals surface area contributed by atoms with Crippen LogP contribution in [0.3, 0.4) is 0 Å². The molecule has 0 radical (unpaired) electrons. The van der Waals surface area contributed by atoms with Crippen LogP contribution in [0.1, 0.15) is 100 Å². The van der Waals surface area contributed by atoms with E-state index in [1.165, 1.54) is 97.6 Å². The van der Waals surface area contributed by atoms with Crippen LogP contribution in [0.2, 0.25) is 0 Å². The Morgan fingerprint density at radius 2 is 0.897 bits per heavy atom. The first-order valence-corrected chi connectivity index (χ1v) is 15.5. The molecule has 2 heterocycles. The molecule has 1 aliphatic carbocycles. The third-order valence-electron chi connectivity index (χ3n) is 8.59. The van der Waals surface area contributed by atoms with Crippen LogP contribution in [0.4, 0.5) is 0 Å². The Balaban J connectivity index is 1.60.